The highest BCUT2D eigenvalue weighted by Gasteiger charge is 2.26. The van der Waals surface area contributed by atoms with Crippen LogP contribution in [0.4, 0.5) is 5.69 Å². The van der Waals surface area contributed by atoms with E-state index in [0.29, 0.717) is 31.9 Å². The van der Waals surface area contributed by atoms with Crippen LogP contribution in [0.5, 0.6) is 0 Å². The van der Waals surface area contributed by atoms with Gasteiger partial charge in [-0.1, -0.05) is 15.9 Å². The number of carbonyl (C=O) groups is 2. The lowest BCUT2D eigenvalue weighted by Crippen LogP contribution is -2.51. The number of rotatable bonds is 5. The summed E-state index contributed by atoms with van der Waals surface area (Å²) in [5.41, 5.74) is 0.440. The van der Waals surface area contributed by atoms with Gasteiger partial charge in [0, 0.05) is 30.7 Å². The van der Waals surface area contributed by atoms with Crippen molar-refractivity contribution in [3.05, 3.63) is 28.7 Å². The molecule has 1 saturated heterocycles. The van der Waals surface area contributed by atoms with Crippen molar-refractivity contribution in [2.75, 3.05) is 43.3 Å². The molecule has 23 heavy (non-hydrogen) atoms. The van der Waals surface area contributed by atoms with Gasteiger partial charge in [0.15, 0.2) is 0 Å². The van der Waals surface area contributed by atoms with Crippen LogP contribution in [0.2, 0.25) is 0 Å². The Morgan fingerprint density at radius 2 is 1.78 bits per heavy atom. The lowest BCUT2D eigenvalue weighted by atomic mass is 10.3. The Morgan fingerprint density at radius 1 is 1.22 bits per heavy atom. The van der Waals surface area contributed by atoms with Crippen molar-refractivity contribution in [2.45, 2.75) is 0 Å². The van der Waals surface area contributed by atoms with E-state index in [4.69, 9.17) is 0 Å². The second-order valence-electron chi connectivity index (χ2n) is 5.27. The average Bonchev–Trinajstić information content (AvgIpc) is 2.52. The molecule has 1 aromatic rings. The molecule has 1 aromatic carbocycles. The predicted octanol–water partition coefficient (Wildman–Crippen LogP) is 0.516. The van der Waals surface area contributed by atoms with Gasteiger partial charge in [-0.25, -0.2) is 8.42 Å². The smallest absolute Gasteiger partial charge is 0.243 e. The molecule has 9 heteroatoms. The van der Waals surface area contributed by atoms with E-state index in [1.807, 2.05) is 0 Å². The van der Waals surface area contributed by atoms with E-state index in [0.717, 1.165) is 21.4 Å². The molecule has 1 fully saturated rings. The number of piperazine rings is 1. The molecule has 0 atom stereocenters. The quantitative estimate of drug-likeness (QED) is 0.671. The van der Waals surface area contributed by atoms with E-state index in [-0.39, 0.29) is 12.5 Å². The molecule has 0 N–H and O–H groups in total. The SMILES string of the molecule is CS(=O)(=O)N(CC(=O)N1CCN(C=O)CC1)c1ccc(Br)cc1. The fourth-order valence-corrected chi connectivity index (χ4v) is 3.42. The number of carbonyl (C=O) groups excluding carboxylic acids is 2. The minimum atomic E-state index is -3.58. The Bertz CT molecular complexity index is 670. The normalized spacial score (nSPS) is 15.4. The summed E-state index contributed by atoms with van der Waals surface area (Å²) in [6, 6.07) is 6.73. The zero-order valence-electron chi connectivity index (χ0n) is 12.7. The largest absolute Gasteiger partial charge is 0.342 e. The van der Waals surface area contributed by atoms with E-state index in [1.165, 1.54) is 0 Å². The van der Waals surface area contributed by atoms with Crippen molar-refractivity contribution in [3.8, 4) is 0 Å². The summed E-state index contributed by atoms with van der Waals surface area (Å²) in [5.74, 6) is -0.274. The average molecular weight is 404 g/mol. The summed E-state index contributed by atoms with van der Waals surface area (Å²) in [7, 11) is -3.58. The van der Waals surface area contributed by atoms with Gasteiger partial charge in [0.05, 0.1) is 11.9 Å². The third-order valence-corrected chi connectivity index (χ3v) is 5.28. The zero-order valence-corrected chi connectivity index (χ0v) is 15.1. The fourth-order valence-electron chi connectivity index (χ4n) is 2.31. The molecule has 0 bridgehead atoms. The van der Waals surface area contributed by atoms with E-state index in [9.17, 15) is 18.0 Å². The van der Waals surface area contributed by atoms with Crippen molar-refractivity contribution in [2.24, 2.45) is 0 Å². The monoisotopic (exact) mass is 403 g/mol. The number of halogens is 1. The van der Waals surface area contributed by atoms with Gasteiger partial charge < -0.3 is 9.80 Å². The number of anilines is 1. The van der Waals surface area contributed by atoms with Gasteiger partial charge in [0.1, 0.15) is 6.54 Å². The number of hydrogen-bond donors (Lipinski definition) is 0. The first-order valence-corrected chi connectivity index (χ1v) is 9.66. The van der Waals surface area contributed by atoms with Crippen molar-refractivity contribution in [3.63, 3.8) is 0 Å². The third-order valence-electron chi connectivity index (χ3n) is 3.61. The standard InChI is InChI=1S/C14H18BrN3O4S/c1-23(21,22)18(13-4-2-12(15)3-5-13)10-14(20)17-8-6-16(11-19)7-9-17/h2-5,11H,6-10H2,1H3. The van der Waals surface area contributed by atoms with Gasteiger partial charge in [-0.05, 0) is 24.3 Å². The topological polar surface area (TPSA) is 78.0 Å². The second-order valence-corrected chi connectivity index (χ2v) is 8.09. The second kappa shape index (κ2) is 7.31. The molecule has 1 heterocycles. The number of sulfonamides is 1. The van der Waals surface area contributed by atoms with Crippen LogP contribution in [0.25, 0.3) is 0 Å². The Morgan fingerprint density at radius 3 is 2.26 bits per heavy atom. The predicted molar refractivity (Wildman–Crippen MR) is 90.5 cm³/mol. The number of benzene rings is 1. The van der Waals surface area contributed by atoms with Crippen LogP contribution in [0.1, 0.15) is 0 Å². The van der Waals surface area contributed by atoms with Crippen LogP contribution < -0.4 is 4.31 Å². The van der Waals surface area contributed by atoms with E-state index < -0.39 is 10.0 Å². The van der Waals surface area contributed by atoms with Gasteiger partial charge in [0.25, 0.3) is 0 Å². The van der Waals surface area contributed by atoms with E-state index >= 15 is 0 Å². The summed E-state index contributed by atoms with van der Waals surface area (Å²) in [4.78, 5) is 26.3. The summed E-state index contributed by atoms with van der Waals surface area (Å²) in [5, 5.41) is 0. The summed E-state index contributed by atoms with van der Waals surface area (Å²) < 4.78 is 26.0. The molecule has 1 aliphatic rings. The first kappa shape index (κ1) is 17.7. The number of amides is 2. The lowest BCUT2D eigenvalue weighted by Gasteiger charge is -2.34. The Balaban J connectivity index is 2.11. The first-order chi connectivity index (χ1) is 10.8. The Labute approximate surface area is 144 Å². The van der Waals surface area contributed by atoms with Crippen molar-refractivity contribution >= 4 is 44.0 Å². The van der Waals surface area contributed by atoms with Gasteiger partial charge in [-0.15, -0.1) is 0 Å². The molecular formula is C14H18BrN3O4S. The third kappa shape index (κ3) is 4.68. The van der Waals surface area contributed by atoms with Crippen LogP contribution in [0.3, 0.4) is 0 Å². The lowest BCUT2D eigenvalue weighted by molar-refractivity contribution is -0.133. The van der Waals surface area contributed by atoms with Gasteiger partial charge in [-0.3, -0.25) is 13.9 Å². The van der Waals surface area contributed by atoms with Gasteiger partial charge in [0.2, 0.25) is 22.3 Å². The molecule has 0 aliphatic carbocycles. The molecule has 0 aromatic heterocycles. The fraction of sp³-hybridized carbons (Fsp3) is 0.429. The van der Waals surface area contributed by atoms with Crippen LogP contribution in [0.15, 0.2) is 28.7 Å². The van der Waals surface area contributed by atoms with E-state index in [2.05, 4.69) is 15.9 Å². The molecule has 2 amide bonds. The molecule has 7 nitrogen and oxygen atoms in total. The van der Waals surface area contributed by atoms with Crippen LogP contribution >= 0.6 is 15.9 Å². The Kier molecular flexibility index (Phi) is 5.64. The molecule has 0 spiro atoms. The molecule has 0 saturated carbocycles. The summed E-state index contributed by atoms with van der Waals surface area (Å²) in [6.07, 6.45) is 1.83. The first-order valence-electron chi connectivity index (χ1n) is 7.01. The maximum atomic E-state index is 12.4. The zero-order chi connectivity index (χ0) is 17.0. The van der Waals surface area contributed by atoms with Gasteiger partial charge in [-0.2, -0.15) is 0 Å². The summed E-state index contributed by atoms with van der Waals surface area (Å²) in [6.45, 7) is 1.51. The maximum Gasteiger partial charge on any atom is 0.243 e. The highest BCUT2D eigenvalue weighted by Crippen LogP contribution is 2.21. The van der Waals surface area contributed by atoms with E-state index in [1.54, 1.807) is 34.1 Å². The van der Waals surface area contributed by atoms with Gasteiger partial charge >= 0.3 is 0 Å². The Hall–Kier alpha value is -1.61. The molecule has 1 aliphatic heterocycles. The highest BCUT2D eigenvalue weighted by atomic mass is 79.9. The van der Waals surface area contributed by atoms with Crippen molar-refractivity contribution in [1.82, 2.24) is 9.80 Å². The summed E-state index contributed by atoms with van der Waals surface area (Å²) >= 11 is 3.29. The molecular weight excluding hydrogens is 386 g/mol. The molecule has 0 unspecified atom stereocenters. The number of nitrogens with zero attached hydrogens (tertiary/aromatic N) is 3. The minimum absolute atomic E-state index is 0.248. The molecule has 2 rings (SSSR count). The van der Waals surface area contributed by atoms with Crippen LogP contribution in [0, 0.1) is 0 Å². The van der Waals surface area contributed by atoms with Crippen molar-refractivity contribution in [1.29, 1.82) is 0 Å². The van der Waals surface area contributed by atoms with Crippen LogP contribution in [-0.4, -0.2) is 69.5 Å². The van der Waals surface area contributed by atoms with Crippen molar-refractivity contribution < 1.29 is 18.0 Å². The molecule has 126 valence electrons. The van der Waals surface area contributed by atoms with Crippen LogP contribution in [-0.2, 0) is 19.6 Å². The number of hydrogen-bond acceptors (Lipinski definition) is 4. The maximum absolute atomic E-state index is 12.4. The highest BCUT2D eigenvalue weighted by molar-refractivity contribution is 9.10. The minimum Gasteiger partial charge on any atom is -0.342 e. The molecule has 0 radical (unpaired) electrons.